The van der Waals surface area contributed by atoms with Crippen LogP contribution in [0.4, 0.5) is 4.79 Å². The number of amides is 4. The van der Waals surface area contributed by atoms with Crippen LogP contribution in [0.5, 0.6) is 0 Å². The van der Waals surface area contributed by atoms with Crippen LogP contribution in [0.15, 0.2) is 60.7 Å². The number of carbonyl (C=O) groups is 6. The van der Waals surface area contributed by atoms with E-state index in [0.717, 1.165) is 56.1 Å². The van der Waals surface area contributed by atoms with Gasteiger partial charge in [0, 0.05) is 26.1 Å². The van der Waals surface area contributed by atoms with Gasteiger partial charge >= 0.3 is 18.0 Å². The van der Waals surface area contributed by atoms with Crippen LogP contribution in [0.3, 0.4) is 0 Å². The molecule has 0 aromatic heterocycles. The van der Waals surface area contributed by atoms with Crippen LogP contribution >= 0.6 is 0 Å². The second-order valence-corrected chi connectivity index (χ2v) is 18.5. The van der Waals surface area contributed by atoms with Crippen LogP contribution in [-0.2, 0) is 51.4 Å². The third-order valence-electron chi connectivity index (χ3n) is 12.7. The van der Waals surface area contributed by atoms with Crippen LogP contribution in [0.2, 0.25) is 0 Å². The van der Waals surface area contributed by atoms with Gasteiger partial charge in [-0.1, -0.05) is 99.2 Å². The standard InChI is InChI=1S/C49H70N4O9/c1-5-52(44(55)25-14-20-35-26-28-53(29-27-35)48(59)62-49(2,3)4)32-43(54)50-41(31-45(56)60-33-36-16-8-6-9-17-36)46(57)51-42(47(58)61-34-37-18-10-7-11-19-37)30-39-23-15-22-38-21-12-13-24-40(38)39/h6-11,16-19,35,38-42H,5,12-15,20-34H2,1-4H3,(H,50,54)(H,51,57)/t38?,39?,40?,41-,42-/m0/s1. The minimum atomic E-state index is -1.37. The first kappa shape index (κ1) is 48.1. The molecule has 0 spiro atoms. The van der Waals surface area contributed by atoms with Gasteiger partial charge in [0.1, 0.15) is 30.9 Å². The number of hydrogen-bond acceptors (Lipinski definition) is 9. The fraction of sp³-hybridized carbons (Fsp3) is 0.633. The topological polar surface area (TPSA) is 161 Å². The third kappa shape index (κ3) is 15.8. The molecule has 1 aliphatic heterocycles. The Hall–Kier alpha value is -4.94. The van der Waals surface area contributed by atoms with Gasteiger partial charge in [0.05, 0.1) is 13.0 Å². The summed E-state index contributed by atoms with van der Waals surface area (Å²) < 4.78 is 16.8. The van der Waals surface area contributed by atoms with E-state index in [2.05, 4.69) is 10.6 Å². The molecule has 5 rings (SSSR count). The molecule has 3 aliphatic rings. The van der Waals surface area contributed by atoms with Crippen molar-refractivity contribution in [1.29, 1.82) is 0 Å². The minimum absolute atomic E-state index is 0.0123. The maximum absolute atomic E-state index is 14.3. The number of piperidine rings is 1. The highest BCUT2D eigenvalue weighted by molar-refractivity contribution is 5.94. The molecule has 0 bridgehead atoms. The third-order valence-corrected chi connectivity index (χ3v) is 12.7. The zero-order valence-electron chi connectivity index (χ0n) is 37.4. The van der Waals surface area contributed by atoms with Crippen molar-refractivity contribution in [3.05, 3.63) is 71.8 Å². The van der Waals surface area contributed by atoms with Crippen LogP contribution in [0.25, 0.3) is 0 Å². The summed E-state index contributed by atoms with van der Waals surface area (Å²) in [5, 5.41) is 5.61. The van der Waals surface area contributed by atoms with Gasteiger partial charge in [0.2, 0.25) is 17.7 Å². The number of likely N-dealkylation sites (N-methyl/N-ethyl adjacent to an activating group) is 1. The number of likely N-dealkylation sites (tertiary alicyclic amines) is 1. The summed E-state index contributed by atoms with van der Waals surface area (Å²) in [5.74, 6) is -1.07. The van der Waals surface area contributed by atoms with E-state index in [-0.39, 0.29) is 50.6 Å². The predicted octanol–water partition coefficient (Wildman–Crippen LogP) is 7.50. The monoisotopic (exact) mass is 859 g/mol. The number of ether oxygens (including phenoxy) is 3. The van der Waals surface area contributed by atoms with Crippen LogP contribution in [0.1, 0.15) is 129 Å². The van der Waals surface area contributed by atoms with E-state index >= 15 is 0 Å². The highest BCUT2D eigenvalue weighted by Crippen LogP contribution is 2.45. The number of esters is 2. The molecule has 2 aliphatic carbocycles. The maximum Gasteiger partial charge on any atom is 0.410 e. The van der Waals surface area contributed by atoms with Crippen molar-refractivity contribution >= 4 is 35.8 Å². The van der Waals surface area contributed by atoms with Gasteiger partial charge in [-0.25, -0.2) is 9.59 Å². The quantitative estimate of drug-likeness (QED) is 0.108. The van der Waals surface area contributed by atoms with Gasteiger partial charge < -0.3 is 34.6 Å². The first-order valence-corrected chi connectivity index (χ1v) is 23.0. The van der Waals surface area contributed by atoms with Crippen molar-refractivity contribution in [3.8, 4) is 0 Å². The lowest BCUT2D eigenvalue weighted by Crippen LogP contribution is -2.55. The van der Waals surface area contributed by atoms with Crippen LogP contribution in [0, 0.1) is 23.7 Å². The number of benzene rings is 2. The van der Waals surface area contributed by atoms with Crippen LogP contribution in [-0.4, -0.2) is 89.4 Å². The SMILES string of the molecule is CCN(CC(=O)N[C@@H](CC(=O)OCc1ccccc1)C(=O)N[C@@H](CC1CCCC2CCCCC21)C(=O)OCc1ccccc1)C(=O)CCCC1CCN(C(=O)OC(C)(C)C)CC1. The lowest BCUT2D eigenvalue weighted by molar-refractivity contribution is -0.151. The molecule has 5 atom stereocenters. The molecule has 13 nitrogen and oxygen atoms in total. The molecule has 1 saturated heterocycles. The Morgan fingerprint density at radius 1 is 0.774 bits per heavy atom. The van der Waals surface area contributed by atoms with Crippen molar-refractivity contribution in [2.45, 2.75) is 148 Å². The predicted molar refractivity (Wildman–Crippen MR) is 235 cm³/mol. The molecule has 3 fully saturated rings. The Labute approximate surface area is 368 Å². The molecule has 1 heterocycles. The fourth-order valence-electron chi connectivity index (χ4n) is 9.38. The zero-order chi connectivity index (χ0) is 44.5. The minimum Gasteiger partial charge on any atom is -0.461 e. The normalized spacial score (nSPS) is 20.1. The smallest absolute Gasteiger partial charge is 0.410 e. The summed E-state index contributed by atoms with van der Waals surface area (Å²) in [6.45, 7) is 8.56. The molecule has 62 heavy (non-hydrogen) atoms. The summed E-state index contributed by atoms with van der Waals surface area (Å²) in [6.07, 6.45) is 10.9. The molecule has 340 valence electrons. The molecule has 2 N–H and O–H groups in total. The first-order chi connectivity index (χ1) is 29.8. The first-order valence-electron chi connectivity index (χ1n) is 23.0. The van der Waals surface area contributed by atoms with Gasteiger partial charge in [-0.2, -0.15) is 0 Å². The van der Waals surface area contributed by atoms with Gasteiger partial charge in [0.25, 0.3) is 0 Å². The summed E-state index contributed by atoms with van der Waals surface area (Å²) in [7, 11) is 0. The molecule has 0 radical (unpaired) electrons. The second kappa shape index (κ2) is 24.1. The molecule has 4 amide bonds. The maximum atomic E-state index is 14.3. The lowest BCUT2D eigenvalue weighted by atomic mass is 9.64. The Bertz CT molecular complexity index is 1760. The highest BCUT2D eigenvalue weighted by Gasteiger charge is 2.39. The Morgan fingerprint density at radius 2 is 1.40 bits per heavy atom. The molecule has 13 heteroatoms. The van der Waals surface area contributed by atoms with Gasteiger partial charge in [-0.15, -0.1) is 0 Å². The van der Waals surface area contributed by atoms with E-state index in [1.807, 2.05) is 81.4 Å². The Kier molecular flexibility index (Phi) is 18.7. The van der Waals surface area contributed by atoms with Crippen LogP contribution < -0.4 is 10.6 Å². The van der Waals surface area contributed by atoms with E-state index in [1.165, 1.54) is 24.2 Å². The van der Waals surface area contributed by atoms with E-state index in [0.29, 0.717) is 43.7 Å². The van der Waals surface area contributed by atoms with Crippen molar-refractivity contribution in [2.75, 3.05) is 26.2 Å². The zero-order valence-corrected chi connectivity index (χ0v) is 37.4. The summed E-state index contributed by atoms with van der Waals surface area (Å²) in [5.41, 5.74) is 1.04. The number of carbonyl (C=O) groups excluding carboxylic acids is 6. The molecule has 2 aromatic carbocycles. The van der Waals surface area contributed by atoms with Crippen molar-refractivity contribution in [2.24, 2.45) is 23.7 Å². The van der Waals surface area contributed by atoms with E-state index < -0.39 is 47.9 Å². The average Bonchev–Trinajstić information content (AvgIpc) is 3.26. The van der Waals surface area contributed by atoms with Crippen molar-refractivity contribution in [3.63, 3.8) is 0 Å². The van der Waals surface area contributed by atoms with E-state index in [4.69, 9.17) is 14.2 Å². The summed E-state index contributed by atoms with van der Waals surface area (Å²) in [4.78, 5) is 84.1. The lowest BCUT2D eigenvalue weighted by Gasteiger charge is -2.42. The molecule has 3 unspecified atom stereocenters. The Morgan fingerprint density at radius 3 is 2.05 bits per heavy atom. The number of hydrogen-bond donors (Lipinski definition) is 2. The highest BCUT2D eigenvalue weighted by atomic mass is 16.6. The number of nitrogens with zero attached hydrogens (tertiary/aromatic N) is 2. The van der Waals surface area contributed by atoms with Crippen molar-refractivity contribution in [1.82, 2.24) is 20.4 Å². The number of nitrogens with one attached hydrogen (secondary N) is 2. The molecule has 2 aromatic rings. The second-order valence-electron chi connectivity index (χ2n) is 18.5. The molecule has 2 saturated carbocycles. The Balaban J connectivity index is 1.21. The van der Waals surface area contributed by atoms with Gasteiger partial charge in [-0.05, 0) is 101 Å². The summed E-state index contributed by atoms with van der Waals surface area (Å²) in [6, 6.07) is 16.1. The van der Waals surface area contributed by atoms with Crippen molar-refractivity contribution < 1.29 is 43.0 Å². The average molecular weight is 859 g/mol. The molecular weight excluding hydrogens is 789 g/mol. The number of rotatable bonds is 19. The number of fused-ring (bicyclic) bond motifs is 1. The van der Waals surface area contributed by atoms with Gasteiger partial charge in [-0.3, -0.25) is 19.2 Å². The largest absolute Gasteiger partial charge is 0.461 e. The van der Waals surface area contributed by atoms with E-state index in [1.54, 1.807) is 11.8 Å². The van der Waals surface area contributed by atoms with E-state index in [9.17, 15) is 28.8 Å². The summed E-state index contributed by atoms with van der Waals surface area (Å²) >= 11 is 0. The molecular formula is C49H70N4O9. The fourth-order valence-corrected chi connectivity index (χ4v) is 9.38. The van der Waals surface area contributed by atoms with Gasteiger partial charge in [0.15, 0.2) is 0 Å².